The van der Waals surface area contributed by atoms with Crippen LogP contribution in [0.4, 0.5) is 0 Å². The van der Waals surface area contributed by atoms with Crippen molar-refractivity contribution < 1.29 is 9.59 Å². The fourth-order valence-electron chi connectivity index (χ4n) is 1.76. The minimum absolute atomic E-state index is 0.0274. The first kappa shape index (κ1) is 6.64. The predicted octanol–water partition coefficient (Wildman–Crippen LogP) is -1.13. The minimum Gasteiger partial charge on any atom is -0.356 e. The fraction of sp³-hybridized carbons (Fsp3) is 0.714. The van der Waals surface area contributed by atoms with Crippen LogP contribution < -0.4 is 10.6 Å². The highest BCUT2D eigenvalue weighted by molar-refractivity contribution is 5.92. The monoisotopic (exact) mass is 154 g/mol. The number of carbonyl (C=O) groups is 2. The Morgan fingerprint density at radius 3 is 2.55 bits per heavy atom. The van der Waals surface area contributed by atoms with Gasteiger partial charge in [-0.15, -0.1) is 0 Å². The van der Waals surface area contributed by atoms with E-state index >= 15 is 0 Å². The molecule has 2 fully saturated rings. The van der Waals surface area contributed by atoms with Gasteiger partial charge in [0, 0.05) is 13.1 Å². The van der Waals surface area contributed by atoms with Gasteiger partial charge in [0.05, 0.1) is 11.8 Å². The van der Waals surface area contributed by atoms with Gasteiger partial charge < -0.3 is 10.6 Å². The Morgan fingerprint density at radius 1 is 1.09 bits per heavy atom. The van der Waals surface area contributed by atoms with Crippen molar-refractivity contribution in [1.82, 2.24) is 10.6 Å². The lowest BCUT2D eigenvalue weighted by atomic mass is 9.89. The van der Waals surface area contributed by atoms with Crippen LogP contribution in [0.2, 0.25) is 0 Å². The summed E-state index contributed by atoms with van der Waals surface area (Å²) in [5.74, 6) is -0.0792. The molecule has 2 rings (SSSR count). The zero-order valence-electron chi connectivity index (χ0n) is 6.09. The van der Waals surface area contributed by atoms with Crippen molar-refractivity contribution in [2.45, 2.75) is 6.42 Å². The van der Waals surface area contributed by atoms with Gasteiger partial charge in [-0.3, -0.25) is 9.59 Å². The van der Waals surface area contributed by atoms with Crippen LogP contribution in [0.5, 0.6) is 0 Å². The maximum Gasteiger partial charge on any atom is 0.225 e. The first-order chi connectivity index (χ1) is 5.29. The van der Waals surface area contributed by atoms with Gasteiger partial charge in [0.1, 0.15) is 0 Å². The number of piperidine rings is 1. The molecule has 4 heteroatoms. The van der Waals surface area contributed by atoms with E-state index in [9.17, 15) is 9.59 Å². The van der Waals surface area contributed by atoms with E-state index in [1.165, 1.54) is 0 Å². The molecule has 0 unspecified atom stereocenters. The maximum atomic E-state index is 11.1. The zero-order chi connectivity index (χ0) is 7.84. The van der Waals surface area contributed by atoms with Gasteiger partial charge >= 0.3 is 0 Å². The maximum absolute atomic E-state index is 11.1. The Bertz CT molecular complexity index is 214. The molecule has 11 heavy (non-hydrogen) atoms. The van der Waals surface area contributed by atoms with Gasteiger partial charge in [-0.05, 0) is 6.42 Å². The van der Waals surface area contributed by atoms with E-state index in [2.05, 4.69) is 10.6 Å². The van der Waals surface area contributed by atoms with E-state index in [-0.39, 0.29) is 23.7 Å². The van der Waals surface area contributed by atoms with Crippen LogP contribution in [-0.2, 0) is 9.59 Å². The summed E-state index contributed by atoms with van der Waals surface area (Å²) in [4.78, 5) is 22.2. The summed E-state index contributed by atoms with van der Waals surface area (Å²) in [7, 11) is 0. The molecule has 0 aromatic rings. The summed E-state index contributed by atoms with van der Waals surface area (Å²) in [6, 6.07) is 0. The molecule has 60 valence electrons. The predicted molar refractivity (Wildman–Crippen MR) is 37.6 cm³/mol. The van der Waals surface area contributed by atoms with Crippen LogP contribution in [0.1, 0.15) is 6.42 Å². The summed E-state index contributed by atoms with van der Waals surface area (Å²) >= 11 is 0. The van der Waals surface area contributed by atoms with Gasteiger partial charge in [-0.25, -0.2) is 0 Å². The molecule has 0 aromatic carbocycles. The summed E-state index contributed by atoms with van der Waals surface area (Å²) in [6.07, 6.45) is 0.794. The van der Waals surface area contributed by atoms with Crippen LogP contribution >= 0.6 is 0 Å². The summed E-state index contributed by atoms with van der Waals surface area (Å²) in [6.45, 7) is 1.17. The van der Waals surface area contributed by atoms with E-state index in [1.54, 1.807) is 0 Å². The van der Waals surface area contributed by atoms with Gasteiger partial charge in [0.25, 0.3) is 0 Å². The first-order valence-electron chi connectivity index (χ1n) is 3.84. The number of nitrogens with one attached hydrogen (secondary N) is 2. The normalized spacial score (nSPS) is 36.0. The lowest BCUT2D eigenvalue weighted by Crippen LogP contribution is -2.42. The number of hydrogen-bond acceptors (Lipinski definition) is 2. The second kappa shape index (κ2) is 2.22. The van der Waals surface area contributed by atoms with Gasteiger partial charge in [-0.2, -0.15) is 0 Å². The number of amides is 2. The summed E-state index contributed by atoms with van der Waals surface area (Å²) < 4.78 is 0. The second-order valence-electron chi connectivity index (χ2n) is 3.04. The summed E-state index contributed by atoms with van der Waals surface area (Å²) in [5, 5.41) is 5.44. The Kier molecular flexibility index (Phi) is 1.34. The largest absolute Gasteiger partial charge is 0.356 e. The molecule has 0 spiro atoms. The molecule has 2 heterocycles. The number of hydrogen-bond donors (Lipinski definition) is 2. The molecule has 0 bridgehead atoms. The number of carbonyl (C=O) groups excluding carboxylic acids is 2. The van der Waals surface area contributed by atoms with Crippen LogP contribution in [0.3, 0.4) is 0 Å². The average Bonchev–Trinajstić information content (AvgIpc) is 2.35. The van der Waals surface area contributed by atoms with Crippen LogP contribution in [0, 0.1) is 11.8 Å². The highest BCUT2D eigenvalue weighted by Gasteiger charge is 2.41. The first-order valence-corrected chi connectivity index (χ1v) is 3.84. The lowest BCUT2D eigenvalue weighted by molar-refractivity contribution is -0.132. The Hall–Kier alpha value is -1.06. The van der Waals surface area contributed by atoms with Crippen molar-refractivity contribution in [1.29, 1.82) is 0 Å². The molecule has 0 aromatic heterocycles. The van der Waals surface area contributed by atoms with E-state index in [0.717, 1.165) is 6.42 Å². The highest BCUT2D eigenvalue weighted by Crippen LogP contribution is 2.23. The Morgan fingerprint density at radius 2 is 1.82 bits per heavy atom. The van der Waals surface area contributed by atoms with Crippen molar-refractivity contribution in [3.63, 3.8) is 0 Å². The third-order valence-corrected chi connectivity index (χ3v) is 2.41. The molecule has 4 nitrogen and oxygen atoms in total. The minimum atomic E-state index is -0.101. The van der Waals surface area contributed by atoms with Crippen LogP contribution in [0.15, 0.2) is 0 Å². The van der Waals surface area contributed by atoms with Crippen LogP contribution in [-0.4, -0.2) is 24.9 Å². The third kappa shape index (κ3) is 0.895. The van der Waals surface area contributed by atoms with E-state index in [0.29, 0.717) is 13.1 Å². The second-order valence-corrected chi connectivity index (χ2v) is 3.04. The SMILES string of the molecule is O=C1NC[C@H]2C(=O)NCC[C@@H]12. The fourth-order valence-corrected chi connectivity index (χ4v) is 1.76. The molecule has 2 aliphatic heterocycles. The Balaban J connectivity index is 2.19. The average molecular weight is 154 g/mol. The topological polar surface area (TPSA) is 58.2 Å². The molecule has 2 amide bonds. The van der Waals surface area contributed by atoms with Gasteiger partial charge in [0.2, 0.25) is 11.8 Å². The molecule has 2 atom stereocenters. The molecule has 0 saturated carbocycles. The zero-order valence-corrected chi connectivity index (χ0v) is 6.09. The highest BCUT2D eigenvalue weighted by atomic mass is 16.2. The van der Waals surface area contributed by atoms with Crippen LogP contribution in [0.25, 0.3) is 0 Å². The molecule has 2 aliphatic rings. The standard InChI is InChI=1S/C7H10N2O2/c10-6-4-1-2-8-7(11)5(4)3-9-6/h4-5H,1-3H2,(H,8,11)(H,9,10)/t4-,5-/m1/s1. The summed E-state index contributed by atoms with van der Waals surface area (Å²) in [5.41, 5.74) is 0. The van der Waals surface area contributed by atoms with E-state index < -0.39 is 0 Å². The molecule has 0 aliphatic carbocycles. The van der Waals surface area contributed by atoms with E-state index in [1.807, 2.05) is 0 Å². The molecular weight excluding hydrogens is 144 g/mol. The van der Waals surface area contributed by atoms with E-state index in [4.69, 9.17) is 0 Å². The Labute approximate surface area is 64.3 Å². The number of fused-ring (bicyclic) bond motifs is 1. The van der Waals surface area contributed by atoms with Gasteiger partial charge in [-0.1, -0.05) is 0 Å². The van der Waals surface area contributed by atoms with Gasteiger partial charge in [0.15, 0.2) is 0 Å². The number of rotatable bonds is 0. The van der Waals surface area contributed by atoms with Crippen molar-refractivity contribution in [3.8, 4) is 0 Å². The molecule has 0 radical (unpaired) electrons. The van der Waals surface area contributed by atoms with Crippen molar-refractivity contribution in [2.75, 3.05) is 13.1 Å². The molecule has 2 N–H and O–H groups in total. The quantitative estimate of drug-likeness (QED) is 0.464. The smallest absolute Gasteiger partial charge is 0.225 e. The van der Waals surface area contributed by atoms with Crippen molar-refractivity contribution in [3.05, 3.63) is 0 Å². The molecular formula is C7H10N2O2. The molecule has 2 saturated heterocycles. The lowest BCUT2D eigenvalue weighted by Gasteiger charge is -2.21. The third-order valence-electron chi connectivity index (χ3n) is 2.41. The van der Waals surface area contributed by atoms with Crippen molar-refractivity contribution in [2.24, 2.45) is 11.8 Å². The van der Waals surface area contributed by atoms with Crippen molar-refractivity contribution >= 4 is 11.8 Å².